The molecule has 8 nitrogen and oxygen atoms in total. The Balaban J connectivity index is 1.34. The number of nitrogens with zero attached hydrogens (tertiary/aromatic N) is 5. The Morgan fingerprint density at radius 1 is 1.06 bits per heavy atom. The standard InChI is InChI=1S/C25H22N6O2/c1-15(2)22-14-27-25(33-22)17-6-8-19(9-7-17)28-24(32)23-16(3)31(30-29-23)20-10-11-21-18(13-20)5-4-12-26-21/h4-15H,1-3H3,(H,28,32). The van der Waals surface area contributed by atoms with Gasteiger partial charge in [0, 0.05) is 28.8 Å². The summed E-state index contributed by atoms with van der Waals surface area (Å²) in [7, 11) is 0. The van der Waals surface area contributed by atoms with E-state index in [0.29, 0.717) is 17.3 Å². The van der Waals surface area contributed by atoms with Crippen molar-refractivity contribution in [3.05, 3.63) is 84.1 Å². The first-order valence-electron chi connectivity index (χ1n) is 10.6. The molecule has 5 rings (SSSR count). The second kappa shape index (κ2) is 8.31. The fourth-order valence-corrected chi connectivity index (χ4v) is 3.55. The molecule has 0 saturated carbocycles. The van der Waals surface area contributed by atoms with Crippen molar-refractivity contribution in [2.45, 2.75) is 26.7 Å². The van der Waals surface area contributed by atoms with Crippen LogP contribution in [0.1, 0.15) is 41.7 Å². The Kier molecular flexibility index (Phi) is 5.18. The van der Waals surface area contributed by atoms with Crippen molar-refractivity contribution in [2.24, 2.45) is 0 Å². The molecule has 0 aliphatic rings. The Morgan fingerprint density at radius 2 is 1.88 bits per heavy atom. The van der Waals surface area contributed by atoms with Gasteiger partial charge in [0.15, 0.2) is 5.69 Å². The fourth-order valence-electron chi connectivity index (χ4n) is 3.55. The Hall–Kier alpha value is -4.33. The van der Waals surface area contributed by atoms with Crippen molar-refractivity contribution in [3.63, 3.8) is 0 Å². The van der Waals surface area contributed by atoms with E-state index in [4.69, 9.17) is 4.42 Å². The molecule has 0 aliphatic heterocycles. The van der Waals surface area contributed by atoms with Crippen LogP contribution < -0.4 is 5.32 Å². The quantitative estimate of drug-likeness (QED) is 0.407. The maximum atomic E-state index is 12.9. The van der Waals surface area contributed by atoms with Crippen LogP contribution in [0.15, 0.2) is 71.4 Å². The molecule has 0 radical (unpaired) electrons. The molecule has 0 fully saturated rings. The molecule has 0 unspecified atom stereocenters. The Bertz CT molecular complexity index is 1450. The summed E-state index contributed by atoms with van der Waals surface area (Å²) in [4.78, 5) is 21.5. The summed E-state index contributed by atoms with van der Waals surface area (Å²) in [6.07, 6.45) is 3.50. The van der Waals surface area contributed by atoms with Crippen molar-refractivity contribution in [1.29, 1.82) is 0 Å². The maximum absolute atomic E-state index is 12.9. The summed E-state index contributed by atoms with van der Waals surface area (Å²) in [6.45, 7) is 5.93. The van der Waals surface area contributed by atoms with Gasteiger partial charge in [0.1, 0.15) is 5.76 Å². The van der Waals surface area contributed by atoms with Crippen molar-refractivity contribution < 1.29 is 9.21 Å². The fraction of sp³-hybridized carbons (Fsp3) is 0.160. The van der Waals surface area contributed by atoms with Gasteiger partial charge in [-0.25, -0.2) is 9.67 Å². The zero-order valence-corrected chi connectivity index (χ0v) is 18.5. The molecule has 0 saturated heterocycles. The van der Waals surface area contributed by atoms with E-state index in [1.54, 1.807) is 17.1 Å². The van der Waals surface area contributed by atoms with Gasteiger partial charge in [0.25, 0.3) is 5.91 Å². The van der Waals surface area contributed by atoms with E-state index in [1.165, 1.54) is 0 Å². The van der Waals surface area contributed by atoms with Crippen molar-refractivity contribution in [3.8, 4) is 17.1 Å². The zero-order valence-electron chi connectivity index (χ0n) is 18.5. The number of nitrogens with one attached hydrogen (secondary N) is 1. The number of benzene rings is 2. The predicted molar refractivity (Wildman–Crippen MR) is 125 cm³/mol. The van der Waals surface area contributed by atoms with Crippen LogP contribution in [0.5, 0.6) is 0 Å². The SMILES string of the molecule is Cc1c(C(=O)Nc2ccc(-c3ncc(C(C)C)o3)cc2)nnn1-c1ccc2ncccc2c1. The minimum absolute atomic E-state index is 0.264. The third kappa shape index (κ3) is 3.98. The van der Waals surface area contributed by atoms with Gasteiger partial charge in [-0.3, -0.25) is 9.78 Å². The van der Waals surface area contributed by atoms with Crippen molar-refractivity contribution in [1.82, 2.24) is 25.0 Å². The molecule has 3 heterocycles. The molecule has 8 heteroatoms. The molecule has 1 N–H and O–H groups in total. The van der Waals surface area contributed by atoms with Crippen molar-refractivity contribution in [2.75, 3.05) is 5.32 Å². The normalized spacial score (nSPS) is 11.3. The monoisotopic (exact) mass is 438 g/mol. The number of aromatic nitrogens is 5. The highest BCUT2D eigenvalue weighted by Gasteiger charge is 2.18. The van der Waals surface area contributed by atoms with Crippen LogP contribution in [0, 0.1) is 6.92 Å². The van der Waals surface area contributed by atoms with E-state index >= 15 is 0 Å². The summed E-state index contributed by atoms with van der Waals surface area (Å²) in [5.74, 6) is 1.34. The van der Waals surface area contributed by atoms with Crippen LogP contribution in [0.3, 0.4) is 0 Å². The molecule has 0 atom stereocenters. The van der Waals surface area contributed by atoms with Gasteiger partial charge in [-0.15, -0.1) is 5.10 Å². The predicted octanol–water partition coefficient (Wildman–Crippen LogP) is 5.15. The van der Waals surface area contributed by atoms with Crippen LogP contribution in [-0.4, -0.2) is 30.9 Å². The third-order valence-electron chi connectivity index (χ3n) is 5.42. The third-order valence-corrected chi connectivity index (χ3v) is 5.42. The number of carbonyl (C=O) groups excluding carboxylic acids is 1. The van der Waals surface area contributed by atoms with Gasteiger partial charge in [-0.05, 0) is 55.5 Å². The van der Waals surface area contributed by atoms with Gasteiger partial charge in [-0.1, -0.05) is 25.1 Å². The lowest BCUT2D eigenvalue weighted by Gasteiger charge is -2.06. The molecule has 0 spiro atoms. The topological polar surface area (TPSA) is 98.7 Å². The van der Waals surface area contributed by atoms with E-state index in [9.17, 15) is 4.79 Å². The molecule has 5 aromatic rings. The largest absolute Gasteiger partial charge is 0.441 e. The second-order valence-corrected chi connectivity index (χ2v) is 8.07. The van der Waals surface area contributed by atoms with Crippen LogP contribution in [0.2, 0.25) is 0 Å². The summed E-state index contributed by atoms with van der Waals surface area (Å²) in [6, 6.07) is 17.0. The molecular weight excluding hydrogens is 416 g/mol. The minimum atomic E-state index is -0.327. The number of fused-ring (bicyclic) bond motifs is 1. The van der Waals surface area contributed by atoms with E-state index in [1.807, 2.05) is 61.5 Å². The number of rotatable bonds is 5. The number of hydrogen-bond acceptors (Lipinski definition) is 6. The summed E-state index contributed by atoms with van der Waals surface area (Å²) in [5, 5.41) is 12.2. The van der Waals surface area contributed by atoms with E-state index in [-0.39, 0.29) is 17.5 Å². The zero-order chi connectivity index (χ0) is 22.9. The first kappa shape index (κ1) is 20.6. The number of amides is 1. The number of hydrogen-bond donors (Lipinski definition) is 1. The summed E-state index contributed by atoms with van der Waals surface area (Å²) in [5.41, 5.74) is 4.10. The average Bonchev–Trinajstić information content (AvgIpc) is 3.47. The molecule has 164 valence electrons. The van der Waals surface area contributed by atoms with Crippen molar-refractivity contribution >= 4 is 22.5 Å². The van der Waals surface area contributed by atoms with Gasteiger partial charge in [0.05, 0.1) is 23.1 Å². The van der Waals surface area contributed by atoms with Crippen LogP contribution >= 0.6 is 0 Å². The molecule has 1 amide bonds. The summed E-state index contributed by atoms with van der Waals surface area (Å²) >= 11 is 0. The van der Waals surface area contributed by atoms with E-state index < -0.39 is 0 Å². The van der Waals surface area contributed by atoms with Gasteiger partial charge in [0.2, 0.25) is 5.89 Å². The highest BCUT2D eigenvalue weighted by atomic mass is 16.4. The maximum Gasteiger partial charge on any atom is 0.278 e. The summed E-state index contributed by atoms with van der Waals surface area (Å²) < 4.78 is 7.44. The lowest BCUT2D eigenvalue weighted by molar-refractivity contribution is 0.102. The average molecular weight is 438 g/mol. The number of pyridine rings is 1. The number of anilines is 1. The van der Waals surface area contributed by atoms with Crippen LogP contribution in [0.25, 0.3) is 28.0 Å². The Morgan fingerprint density at radius 3 is 2.64 bits per heavy atom. The van der Waals surface area contributed by atoms with Gasteiger partial charge < -0.3 is 9.73 Å². The smallest absolute Gasteiger partial charge is 0.278 e. The van der Waals surface area contributed by atoms with Gasteiger partial charge in [-0.2, -0.15) is 0 Å². The first-order chi connectivity index (χ1) is 16.0. The minimum Gasteiger partial charge on any atom is -0.441 e. The molecule has 0 bridgehead atoms. The molecule has 2 aromatic carbocycles. The molecule has 33 heavy (non-hydrogen) atoms. The molecule has 0 aliphatic carbocycles. The lowest BCUT2D eigenvalue weighted by atomic mass is 10.2. The Labute approximate surface area is 190 Å². The van der Waals surface area contributed by atoms with E-state index in [0.717, 1.165) is 27.9 Å². The number of carbonyl (C=O) groups is 1. The highest BCUT2D eigenvalue weighted by molar-refractivity contribution is 6.03. The van der Waals surface area contributed by atoms with Crippen LogP contribution in [0.4, 0.5) is 5.69 Å². The second-order valence-electron chi connectivity index (χ2n) is 8.07. The first-order valence-corrected chi connectivity index (χ1v) is 10.6. The van der Waals surface area contributed by atoms with E-state index in [2.05, 4.69) is 39.4 Å². The molecule has 3 aromatic heterocycles. The lowest BCUT2D eigenvalue weighted by Crippen LogP contribution is -2.14. The number of oxazole rings is 1. The van der Waals surface area contributed by atoms with Crippen LogP contribution in [-0.2, 0) is 0 Å². The molecular formula is C25H22N6O2. The van der Waals surface area contributed by atoms with Gasteiger partial charge >= 0.3 is 0 Å². The highest BCUT2D eigenvalue weighted by Crippen LogP contribution is 2.25.